The molecule has 3 aromatic carbocycles. The molecule has 0 aliphatic carbocycles. The summed E-state index contributed by atoms with van der Waals surface area (Å²) in [6, 6.07) is 27.0. The molecular formula is C25H24N4O2. The Morgan fingerprint density at radius 2 is 1.58 bits per heavy atom. The molecule has 6 heteroatoms. The van der Waals surface area contributed by atoms with E-state index in [1.165, 1.54) is 4.57 Å². The van der Waals surface area contributed by atoms with Gasteiger partial charge in [0.1, 0.15) is 5.82 Å². The number of carbonyl (C=O) groups excluding carboxylic acids is 1. The van der Waals surface area contributed by atoms with Gasteiger partial charge in [0.15, 0.2) is 0 Å². The lowest BCUT2D eigenvalue weighted by atomic mass is 10.2. The molecule has 0 spiro atoms. The fourth-order valence-corrected chi connectivity index (χ4v) is 3.49. The summed E-state index contributed by atoms with van der Waals surface area (Å²) in [6.07, 6.45) is 0.590. The summed E-state index contributed by atoms with van der Waals surface area (Å²) in [5.74, 6) is 0.454. The Balaban J connectivity index is 1.49. The van der Waals surface area contributed by atoms with E-state index >= 15 is 0 Å². The Labute approximate surface area is 180 Å². The number of nitrogens with zero attached hydrogens (tertiary/aromatic N) is 3. The maximum atomic E-state index is 12.8. The molecule has 1 amide bonds. The van der Waals surface area contributed by atoms with Gasteiger partial charge in [0.05, 0.1) is 23.1 Å². The summed E-state index contributed by atoms with van der Waals surface area (Å²) in [4.78, 5) is 29.9. The van der Waals surface area contributed by atoms with Gasteiger partial charge in [0.2, 0.25) is 5.91 Å². The van der Waals surface area contributed by atoms with Crippen LogP contribution in [0.25, 0.3) is 10.9 Å². The summed E-state index contributed by atoms with van der Waals surface area (Å²) in [5, 5.41) is 2.42. The molecule has 156 valence electrons. The monoisotopic (exact) mass is 412 g/mol. The summed E-state index contributed by atoms with van der Waals surface area (Å²) >= 11 is 0. The van der Waals surface area contributed by atoms with E-state index in [2.05, 4.69) is 10.4 Å². The van der Waals surface area contributed by atoms with Gasteiger partial charge in [0.25, 0.3) is 5.56 Å². The van der Waals surface area contributed by atoms with E-state index in [1.807, 2.05) is 83.9 Å². The molecule has 0 atom stereocenters. The summed E-state index contributed by atoms with van der Waals surface area (Å²) < 4.78 is 1.52. The third kappa shape index (κ3) is 4.80. The van der Waals surface area contributed by atoms with Gasteiger partial charge in [-0.2, -0.15) is 0 Å². The number of hydrogen-bond acceptors (Lipinski definition) is 4. The highest BCUT2D eigenvalue weighted by molar-refractivity contribution is 5.79. The number of hydrogen-bond donors (Lipinski definition) is 1. The SMILES string of the molecule is Cn1c(CCC(=O)NN(Cc2ccccc2)c2ccccc2)nc2ccccc2c1=O. The molecular weight excluding hydrogens is 388 g/mol. The highest BCUT2D eigenvalue weighted by Gasteiger charge is 2.13. The first kappa shape index (κ1) is 20.3. The van der Waals surface area contributed by atoms with Crippen molar-refractivity contribution < 1.29 is 4.79 Å². The zero-order chi connectivity index (χ0) is 21.6. The van der Waals surface area contributed by atoms with Gasteiger partial charge in [-0.15, -0.1) is 0 Å². The van der Waals surface area contributed by atoms with Crippen molar-refractivity contribution in [3.8, 4) is 0 Å². The molecule has 6 nitrogen and oxygen atoms in total. The van der Waals surface area contributed by atoms with Gasteiger partial charge in [0, 0.05) is 19.9 Å². The first-order valence-corrected chi connectivity index (χ1v) is 10.2. The van der Waals surface area contributed by atoms with Crippen LogP contribution in [-0.4, -0.2) is 15.5 Å². The molecule has 0 saturated heterocycles. The maximum Gasteiger partial charge on any atom is 0.261 e. The third-order valence-corrected chi connectivity index (χ3v) is 5.16. The van der Waals surface area contributed by atoms with Crippen LogP contribution in [0.1, 0.15) is 17.8 Å². The lowest BCUT2D eigenvalue weighted by molar-refractivity contribution is -0.121. The molecule has 0 unspecified atom stereocenters. The van der Waals surface area contributed by atoms with Gasteiger partial charge in [-0.05, 0) is 29.8 Å². The minimum atomic E-state index is -0.137. The normalized spacial score (nSPS) is 10.7. The Morgan fingerprint density at radius 3 is 2.32 bits per heavy atom. The Morgan fingerprint density at radius 1 is 0.935 bits per heavy atom. The number of fused-ring (bicyclic) bond motifs is 1. The average molecular weight is 412 g/mol. The van der Waals surface area contributed by atoms with E-state index in [-0.39, 0.29) is 17.9 Å². The molecule has 1 heterocycles. The number of rotatable bonds is 7. The average Bonchev–Trinajstić information content (AvgIpc) is 2.81. The molecule has 4 rings (SSSR count). The number of nitrogens with one attached hydrogen (secondary N) is 1. The lowest BCUT2D eigenvalue weighted by Gasteiger charge is -2.25. The number of anilines is 1. The minimum absolute atomic E-state index is 0.101. The summed E-state index contributed by atoms with van der Waals surface area (Å²) in [6.45, 7) is 0.545. The van der Waals surface area contributed by atoms with Crippen molar-refractivity contribution in [2.45, 2.75) is 19.4 Å². The van der Waals surface area contributed by atoms with E-state index < -0.39 is 0 Å². The number of aryl methyl sites for hydroxylation is 1. The fourth-order valence-electron chi connectivity index (χ4n) is 3.49. The van der Waals surface area contributed by atoms with Gasteiger partial charge >= 0.3 is 0 Å². The highest BCUT2D eigenvalue weighted by atomic mass is 16.2. The minimum Gasteiger partial charge on any atom is -0.299 e. The molecule has 0 saturated carbocycles. The van der Waals surface area contributed by atoms with Crippen LogP contribution in [0.3, 0.4) is 0 Å². The topological polar surface area (TPSA) is 67.2 Å². The number of aromatic nitrogens is 2. The quantitative estimate of drug-likeness (QED) is 0.471. The first-order chi connectivity index (χ1) is 15.1. The van der Waals surface area contributed by atoms with E-state index in [4.69, 9.17) is 0 Å². The highest BCUT2D eigenvalue weighted by Crippen LogP contribution is 2.15. The van der Waals surface area contributed by atoms with Crippen LogP contribution in [0.2, 0.25) is 0 Å². The number of para-hydroxylation sites is 2. The predicted molar refractivity (Wildman–Crippen MR) is 123 cm³/mol. The van der Waals surface area contributed by atoms with E-state index in [0.29, 0.717) is 29.7 Å². The van der Waals surface area contributed by atoms with Crippen molar-refractivity contribution in [3.05, 3.63) is 107 Å². The van der Waals surface area contributed by atoms with Crippen LogP contribution in [0.5, 0.6) is 0 Å². The van der Waals surface area contributed by atoms with Gasteiger partial charge in [-0.3, -0.25) is 24.6 Å². The van der Waals surface area contributed by atoms with Crippen LogP contribution in [0, 0.1) is 0 Å². The van der Waals surface area contributed by atoms with Gasteiger partial charge < -0.3 is 0 Å². The molecule has 4 aromatic rings. The second kappa shape index (κ2) is 9.26. The predicted octanol–water partition coefficient (Wildman–Crippen LogP) is 3.60. The first-order valence-electron chi connectivity index (χ1n) is 10.2. The lowest BCUT2D eigenvalue weighted by Crippen LogP contribution is -2.42. The zero-order valence-corrected chi connectivity index (χ0v) is 17.4. The van der Waals surface area contributed by atoms with Crippen molar-refractivity contribution in [2.24, 2.45) is 7.05 Å². The van der Waals surface area contributed by atoms with Crippen LogP contribution >= 0.6 is 0 Å². The largest absolute Gasteiger partial charge is 0.299 e. The van der Waals surface area contributed by atoms with Crippen molar-refractivity contribution >= 4 is 22.5 Å². The van der Waals surface area contributed by atoms with Crippen molar-refractivity contribution in [1.82, 2.24) is 15.0 Å². The summed E-state index contributed by atoms with van der Waals surface area (Å²) in [7, 11) is 1.70. The second-order valence-corrected chi connectivity index (χ2v) is 7.35. The number of carbonyl (C=O) groups is 1. The van der Waals surface area contributed by atoms with Gasteiger partial charge in [-0.25, -0.2) is 4.98 Å². The molecule has 0 aliphatic rings. The fraction of sp³-hybridized carbons (Fsp3) is 0.160. The number of hydrazine groups is 1. The molecule has 1 N–H and O–H groups in total. The van der Waals surface area contributed by atoms with E-state index in [9.17, 15) is 9.59 Å². The molecule has 0 aliphatic heterocycles. The van der Waals surface area contributed by atoms with Crippen molar-refractivity contribution in [1.29, 1.82) is 0 Å². The maximum absolute atomic E-state index is 12.8. The molecule has 1 aromatic heterocycles. The second-order valence-electron chi connectivity index (χ2n) is 7.35. The van der Waals surface area contributed by atoms with E-state index in [0.717, 1.165) is 11.3 Å². The zero-order valence-electron chi connectivity index (χ0n) is 17.4. The Bertz CT molecular complexity index is 1240. The molecule has 0 radical (unpaired) electrons. The standard InChI is InChI=1S/C25H24N4O2/c1-28-23(26-22-15-9-8-14-21(22)25(28)31)16-17-24(30)27-29(20-12-6-3-7-13-20)18-19-10-4-2-5-11-19/h2-15H,16-18H2,1H3,(H,27,30). The number of amides is 1. The number of benzene rings is 3. The van der Waals surface area contributed by atoms with Crippen LogP contribution in [0.4, 0.5) is 5.69 Å². The van der Waals surface area contributed by atoms with Crippen LogP contribution < -0.4 is 16.0 Å². The van der Waals surface area contributed by atoms with Gasteiger partial charge in [-0.1, -0.05) is 60.7 Å². The van der Waals surface area contributed by atoms with Crippen molar-refractivity contribution in [3.63, 3.8) is 0 Å². The molecule has 0 fully saturated rings. The van der Waals surface area contributed by atoms with E-state index in [1.54, 1.807) is 13.1 Å². The Hall–Kier alpha value is -3.93. The third-order valence-electron chi connectivity index (χ3n) is 5.16. The summed E-state index contributed by atoms with van der Waals surface area (Å²) in [5.41, 5.74) is 5.54. The van der Waals surface area contributed by atoms with Crippen molar-refractivity contribution in [2.75, 3.05) is 5.01 Å². The smallest absolute Gasteiger partial charge is 0.261 e. The van der Waals surface area contributed by atoms with Crippen LogP contribution in [0.15, 0.2) is 89.7 Å². The molecule has 0 bridgehead atoms. The Kier molecular flexibility index (Phi) is 6.08. The molecule has 31 heavy (non-hydrogen) atoms. The van der Waals surface area contributed by atoms with Crippen LogP contribution in [-0.2, 0) is 24.8 Å².